The van der Waals surface area contributed by atoms with Crippen LogP contribution in [0.25, 0.3) is 0 Å². The van der Waals surface area contributed by atoms with Gasteiger partial charge in [0.1, 0.15) is 0 Å². The average molecular weight is 215 g/mol. The third-order valence-electron chi connectivity index (χ3n) is 3.58. The predicted octanol–water partition coefficient (Wildman–Crippen LogP) is 1.29. The van der Waals surface area contributed by atoms with Crippen LogP contribution >= 0.6 is 11.8 Å². The Balaban J connectivity index is 1.98. The fourth-order valence-electron chi connectivity index (χ4n) is 2.42. The SMILES string of the molecule is CC(C(=O)O)C(C)N1CC2CC1CS2. The van der Waals surface area contributed by atoms with E-state index in [2.05, 4.69) is 4.90 Å². The summed E-state index contributed by atoms with van der Waals surface area (Å²) in [7, 11) is 0. The van der Waals surface area contributed by atoms with Gasteiger partial charge in [0.05, 0.1) is 5.92 Å². The van der Waals surface area contributed by atoms with Gasteiger partial charge >= 0.3 is 5.97 Å². The van der Waals surface area contributed by atoms with Gasteiger partial charge in [-0.05, 0) is 13.3 Å². The van der Waals surface area contributed by atoms with Crippen molar-refractivity contribution in [1.29, 1.82) is 0 Å². The Morgan fingerprint density at radius 2 is 2.29 bits per heavy atom. The van der Waals surface area contributed by atoms with Crippen LogP contribution in [0.4, 0.5) is 0 Å². The van der Waals surface area contributed by atoms with Crippen molar-refractivity contribution >= 4 is 17.7 Å². The highest BCUT2D eigenvalue weighted by Crippen LogP contribution is 2.39. The maximum Gasteiger partial charge on any atom is 0.307 e. The van der Waals surface area contributed by atoms with E-state index < -0.39 is 5.97 Å². The zero-order valence-corrected chi connectivity index (χ0v) is 9.46. The summed E-state index contributed by atoms with van der Waals surface area (Å²) in [4.78, 5) is 13.3. The molecule has 14 heavy (non-hydrogen) atoms. The fraction of sp³-hybridized carbons (Fsp3) is 0.900. The zero-order chi connectivity index (χ0) is 10.3. The van der Waals surface area contributed by atoms with Crippen LogP contribution in [0.5, 0.6) is 0 Å². The van der Waals surface area contributed by atoms with Crippen molar-refractivity contribution < 1.29 is 9.90 Å². The number of aliphatic carboxylic acids is 1. The van der Waals surface area contributed by atoms with Crippen molar-refractivity contribution in [1.82, 2.24) is 4.90 Å². The summed E-state index contributed by atoms with van der Waals surface area (Å²) in [6.45, 7) is 4.95. The summed E-state index contributed by atoms with van der Waals surface area (Å²) < 4.78 is 0. The van der Waals surface area contributed by atoms with E-state index in [-0.39, 0.29) is 12.0 Å². The lowest BCUT2D eigenvalue weighted by molar-refractivity contribution is -0.143. The van der Waals surface area contributed by atoms with E-state index in [9.17, 15) is 4.79 Å². The van der Waals surface area contributed by atoms with Gasteiger partial charge in [0.25, 0.3) is 0 Å². The average Bonchev–Trinajstić information content (AvgIpc) is 2.76. The molecular formula is C10H17NO2S. The number of hydrogen-bond donors (Lipinski definition) is 1. The molecule has 0 aromatic rings. The third kappa shape index (κ3) is 1.65. The van der Waals surface area contributed by atoms with Crippen molar-refractivity contribution in [3.8, 4) is 0 Å². The van der Waals surface area contributed by atoms with Crippen molar-refractivity contribution in [2.24, 2.45) is 5.92 Å². The van der Waals surface area contributed by atoms with E-state index in [1.807, 2.05) is 25.6 Å². The normalized spacial score (nSPS) is 35.9. The number of fused-ring (bicyclic) bond motifs is 2. The Morgan fingerprint density at radius 3 is 2.71 bits per heavy atom. The molecule has 0 amide bonds. The first-order valence-electron chi connectivity index (χ1n) is 5.19. The maximum absolute atomic E-state index is 10.9. The van der Waals surface area contributed by atoms with E-state index in [0.717, 1.165) is 11.8 Å². The smallest absolute Gasteiger partial charge is 0.307 e. The fourth-order valence-corrected chi connectivity index (χ4v) is 3.88. The summed E-state index contributed by atoms with van der Waals surface area (Å²) in [6, 6.07) is 0.824. The Kier molecular flexibility index (Phi) is 2.75. The van der Waals surface area contributed by atoms with E-state index in [1.54, 1.807) is 0 Å². The first-order valence-corrected chi connectivity index (χ1v) is 6.24. The number of carboxylic acids is 1. The Bertz CT molecular complexity index is 246. The second-order valence-electron chi connectivity index (χ2n) is 4.41. The van der Waals surface area contributed by atoms with Crippen molar-refractivity contribution in [2.45, 2.75) is 37.6 Å². The molecule has 0 aromatic carbocycles. The Hall–Kier alpha value is -0.220. The number of rotatable bonds is 3. The molecule has 2 saturated heterocycles. The number of thioether (sulfide) groups is 1. The number of carbonyl (C=O) groups is 1. The first kappa shape index (κ1) is 10.3. The van der Waals surface area contributed by atoms with E-state index in [0.29, 0.717) is 6.04 Å². The summed E-state index contributed by atoms with van der Waals surface area (Å²) in [5.74, 6) is 0.272. The van der Waals surface area contributed by atoms with Crippen LogP contribution in [0.1, 0.15) is 20.3 Å². The van der Waals surface area contributed by atoms with Crippen LogP contribution in [-0.4, -0.2) is 45.6 Å². The van der Waals surface area contributed by atoms with E-state index in [4.69, 9.17) is 5.11 Å². The molecule has 0 saturated carbocycles. The summed E-state index contributed by atoms with van der Waals surface area (Å²) in [5, 5.41) is 9.72. The highest BCUT2D eigenvalue weighted by atomic mass is 32.2. The van der Waals surface area contributed by atoms with Crippen LogP contribution in [0.2, 0.25) is 0 Å². The van der Waals surface area contributed by atoms with Crippen molar-refractivity contribution in [3.63, 3.8) is 0 Å². The van der Waals surface area contributed by atoms with Gasteiger partial charge in [-0.2, -0.15) is 11.8 Å². The number of nitrogens with zero attached hydrogens (tertiary/aromatic N) is 1. The lowest BCUT2D eigenvalue weighted by atomic mass is 10.0. The van der Waals surface area contributed by atoms with Crippen LogP contribution in [0, 0.1) is 5.92 Å². The van der Waals surface area contributed by atoms with Crippen LogP contribution < -0.4 is 0 Å². The number of likely N-dealkylation sites (tertiary alicyclic amines) is 1. The molecule has 0 aliphatic carbocycles. The van der Waals surface area contributed by atoms with Gasteiger partial charge < -0.3 is 5.11 Å². The molecule has 80 valence electrons. The maximum atomic E-state index is 10.9. The molecule has 1 N–H and O–H groups in total. The lowest BCUT2D eigenvalue weighted by Gasteiger charge is -2.34. The summed E-state index contributed by atoms with van der Waals surface area (Å²) in [5.41, 5.74) is 0. The molecule has 4 heteroatoms. The van der Waals surface area contributed by atoms with Gasteiger partial charge in [-0.3, -0.25) is 9.69 Å². The largest absolute Gasteiger partial charge is 0.481 e. The quantitative estimate of drug-likeness (QED) is 0.770. The van der Waals surface area contributed by atoms with Gasteiger partial charge in [0.15, 0.2) is 0 Å². The van der Waals surface area contributed by atoms with Gasteiger partial charge in [-0.25, -0.2) is 0 Å². The predicted molar refractivity (Wildman–Crippen MR) is 57.6 cm³/mol. The van der Waals surface area contributed by atoms with Gasteiger partial charge in [0.2, 0.25) is 0 Å². The third-order valence-corrected chi connectivity index (χ3v) is 4.97. The second-order valence-corrected chi connectivity index (χ2v) is 5.74. The highest BCUT2D eigenvalue weighted by molar-refractivity contribution is 8.00. The minimum Gasteiger partial charge on any atom is -0.481 e. The Morgan fingerprint density at radius 1 is 1.57 bits per heavy atom. The lowest BCUT2D eigenvalue weighted by Crippen LogP contribution is -2.45. The topological polar surface area (TPSA) is 40.5 Å². The van der Waals surface area contributed by atoms with Gasteiger partial charge in [-0.1, -0.05) is 6.92 Å². The number of hydrogen-bond acceptors (Lipinski definition) is 3. The molecule has 2 rings (SSSR count). The molecule has 2 aliphatic rings. The van der Waals surface area contributed by atoms with Crippen molar-refractivity contribution in [3.05, 3.63) is 0 Å². The van der Waals surface area contributed by atoms with Gasteiger partial charge in [-0.15, -0.1) is 0 Å². The molecule has 3 nitrogen and oxygen atoms in total. The molecule has 4 atom stereocenters. The molecule has 2 fully saturated rings. The minimum absolute atomic E-state index is 0.184. The zero-order valence-electron chi connectivity index (χ0n) is 8.64. The van der Waals surface area contributed by atoms with Crippen LogP contribution in [0.3, 0.4) is 0 Å². The molecule has 2 bridgehead atoms. The highest BCUT2D eigenvalue weighted by Gasteiger charge is 2.42. The molecular weight excluding hydrogens is 198 g/mol. The molecule has 0 aromatic heterocycles. The number of carboxylic acid groups (broad SMARTS) is 1. The van der Waals surface area contributed by atoms with Crippen LogP contribution in [0.15, 0.2) is 0 Å². The molecule has 4 unspecified atom stereocenters. The summed E-state index contributed by atoms with van der Waals surface area (Å²) in [6.07, 6.45) is 1.27. The molecule has 0 radical (unpaired) electrons. The standard InChI is InChI=1S/C10H17NO2S/c1-6(10(12)13)7(2)11-4-9-3-8(11)5-14-9/h6-9H,3-5H2,1-2H3,(H,12,13). The minimum atomic E-state index is -0.673. The van der Waals surface area contributed by atoms with Crippen LogP contribution in [-0.2, 0) is 4.79 Å². The summed E-state index contributed by atoms with van der Waals surface area (Å²) >= 11 is 2.04. The second kappa shape index (κ2) is 3.74. The van der Waals surface area contributed by atoms with E-state index >= 15 is 0 Å². The monoisotopic (exact) mass is 215 g/mol. The van der Waals surface area contributed by atoms with Gasteiger partial charge in [0, 0.05) is 29.6 Å². The Labute approximate surface area is 88.9 Å². The molecule has 2 heterocycles. The first-order chi connectivity index (χ1) is 6.59. The van der Waals surface area contributed by atoms with Crippen molar-refractivity contribution in [2.75, 3.05) is 12.3 Å². The van der Waals surface area contributed by atoms with E-state index in [1.165, 1.54) is 12.2 Å². The molecule has 0 spiro atoms. The molecule has 2 aliphatic heterocycles.